The average molecular weight is 308 g/mol. The van der Waals surface area contributed by atoms with Crippen molar-refractivity contribution in [1.82, 2.24) is 5.32 Å². The predicted molar refractivity (Wildman–Crippen MR) is 92.8 cm³/mol. The molecule has 0 aromatic heterocycles. The summed E-state index contributed by atoms with van der Waals surface area (Å²) in [6, 6.07) is 8.94. The standard InChI is InChI=1S/C19H30ClN/c1-4-13-21-19(17-9-11-18(20)12-10-17)16-7-5-15(6-8-16)14(2)3/h9-12,14-16,19,21H,4-8,13H2,1-3H3. The van der Waals surface area contributed by atoms with E-state index in [0.717, 1.165) is 29.3 Å². The predicted octanol–water partition coefficient (Wildman–Crippen LogP) is 5.84. The van der Waals surface area contributed by atoms with E-state index in [1.807, 2.05) is 12.1 Å². The normalized spacial score (nSPS) is 24.2. The summed E-state index contributed by atoms with van der Waals surface area (Å²) in [5.41, 5.74) is 1.40. The minimum Gasteiger partial charge on any atom is -0.310 e. The lowest BCUT2D eigenvalue weighted by Gasteiger charge is -2.36. The molecular weight excluding hydrogens is 278 g/mol. The van der Waals surface area contributed by atoms with E-state index in [1.54, 1.807) is 0 Å². The molecule has 1 fully saturated rings. The Labute approximate surface area is 135 Å². The van der Waals surface area contributed by atoms with Gasteiger partial charge >= 0.3 is 0 Å². The Morgan fingerprint density at radius 1 is 1.05 bits per heavy atom. The number of hydrogen-bond donors (Lipinski definition) is 1. The minimum atomic E-state index is 0.496. The van der Waals surface area contributed by atoms with Gasteiger partial charge in [-0.1, -0.05) is 44.5 Å². The molecule has 1 aliphatic rings. The Balaban J connectivity index is 2.04. The number of halogens is 1. The summed E-state index contributed by atoms with van der Waals surface area (Å²) >= 11 is 6.04. The van der Waals surface area contributed by atoms with E-state index in [2.05, 4.69) is 38.2 Å². The molecule has 1 unspecified atom stereocenters. The van der Waals surface area contributed by atoms with Crippen molar-refractivity contribution in [2.45, 2.75) is 58.9 Å². The van der Waals surface area contributed by atoms with Crippen LogP contribution in [0.5, 0.6) is 0 Å². The average Bonchev–Trinajstić information content (AvgIpc) is 2.50. The SMILES string of the molecule is CCCNC(c1ccc(Cl)cc1)C1CCC(C(C)C)CC1. The van der Waals surface area contributed by atoms with Gasteiger partial charge in [0.15, 0.2) is 0 Å². The van der Waals surface area contributed by atoms with Gasteiger partial charge in [0.2, 0.25) is 0 Å². The van der Waals surface area contributed by atoms with Gasteiger partial charge < -0.3 is 5.32 Å². The van der Waals surface area contributed by atoms with Crippen LogP contribution in [0, 0.1) is 17.8 Å². The molecule has 1 aliphatic carbocycles. The number of nitrogens with one attached hydrogen (secondary N) is 1. The van der Waals surface area contributed by atoms with Crippen LogP contribution in [0.1, 0.15) is 64.5 Å². The largest absolute Gasteiger partial charge is 0.310 e. The first kappa shape index (κ1) is 16.8. The molecule has 0 aliphatic heterocycles. The van der Waals surface area contributed by atoms with E-state index in [1.165, 1.54) is 37.7 Å². The number of hydrogen-bond acceptors (Lipinski definition) is 1. The van der Waals surface area contributed by atoms with E-state index >= 15 is 0 Å². The lowest BCUT2D eigenvalue weighted by atomic mass is 9.73. The van der Waals surface area contributed by atoms with Gasteiger partial charge in [0.05, 0.1) is 0 Å². The third kappa shape index (κ3) is 4.72. The van der Waals surface area contributed by atoms with Gasteiger partial charge in [-0.05, 0) is 74.1 Å². The van der Waals surface area contributed by atoms with Crippen molar-refractivity contribution in [2.24, 2.45) is 17.8 Å². The Kier molecular flexibility index (Phi) is 6.57. The van der Waals surface area contributed by atoms with E-state index < -0.39 is 0 Å². The van der Waals surface area contributed by atoms with Crippen LogP contribution in [0.25, 0.3) is 0 Å². The quantitative estimate of drug-likeness (QED) is 0.696. The second kappa shape index (κ2) is 8.19. The topological polar surface area (TPSA) is 12.0 Å². The van der Waals surface area contributed by atoms with Gasteiger partial charge in [0.1, 0.15) is 0 Å². The first-order valence-corrected chi connectivity index (χ1v) is 8.98. The fraction of sp³-hybridized carbons (Fsp3) is 0.684. The van der Waals surface area contributed by atoms with Gasteiger partial charge in [-0.25, -0.2) is 0 Å². The molecular formula is C19H30ClN. The van der Waals surface area contributed by atoms with Crippen molar-refractivity contribution in [3.05, 3.63) is 34.9 Å². The second-order valence-corrected chi connectivity index (χ2v) is 7.34. The Bertz CT molecular complexity index is 404. The molecule has 118 valence electrons. The van der Waals surface area contributed by atoms with Crippen LogP contribution < -0.4 is 5.32 Å². The van der Waals surface area contributed by atoms with Crippen molar-refractivity contribution >= 4 is 11.6 Å². The van der Waals surface area contributed by atoms with Crippen LogP contribution in [0.4, 0.5) is 0 Å². The lowest BCUT2D eigenvalue weighted by Crippen LogP contribution is -2.32. The number of rotatable bonds is 6. The molecule has 1 aromatic carbocycles. The van der Waals surface area contributed by atoms with Gasteiger partial charge in [-0.2, -0.15) is 0 Å². The molecule has 2 rings (SSSR count). The molecule has 0 amide bonds. The highest BCUT2D eigenvalue weighted by Crippen LogP contribution is 2.39. The zero-order valence-electron chi connectivity index (χ0n) is 13.7. The summed E-state index contributed by atoms with van der Waals surface area (Å²) in [6.45, 7) is 8.08. The van der Waals surface area contributed by atoms with Crippen molar-refractivity contribution < 1.29 is 0 Å². The first-order chi connectivity index (χ1) is 10.1. The maximum absolute atomic E-state index is 6.04. The van der Waals surface area contributed by atoms with Crippen LogP contribution in [0.15, 0.2) is 24.3 Å². The molecule has 0 radical (unpaired) electrons. The van der Waals surface area contributed by atoms with Crippen molar-refractivity contribution in [1.29, 1.82) is 0 Å². The Morgan fingerprint density at radius 2 is 1.62 bits per heavy atom. The van der Waals surface area contributed by atoms with Gasteiger partial charge in [-0.3, -0.25) is 0 Å². The van der Waals surface area contributed by atoms with Crippen molar-refractivity contribution in [3.63, 3.8) is 0 Å². The number of benzene rings is 1. The summed E-state index contributed by atoms with van der Waals surface area (Å²) in [6.07, 6.45) is 6.67. The highest BCUT2D eigenvalue weighted by molar-refractivity contribution is 6.30. The maximum Gasteiger partial charge on any atom is 0.0406 e. The van der Waals surface area contributed by atoms with Crippen LogP contribution in [-0.4, -0.2) is 6.54 Å². The van der Waals surface area contributed by atoms with E-state index in [4.69, 9.17) is 11.6 Å². The van der Waals surface area contributed by atoms with E-state index in [0.29, 0.717) is 6.04 Å². The maximum atomic E-state index is 6.04. The minimum absolute atomic E-state index is 0.496. The second-order valence-electron chi connectivity index (χ2n) is 6.90. The Morgan fingerprint density at radius 3 is 2.14 bits per heavy atom. The van der Waals surface area contributed by atoms with Gasteiger partial charge in [-0.15, -0.1) is 0 Å². The van der Waals surface area contributed by atoms with Crippen LogP contribution in [0.3, 0.4) is 0 Å². The van der Waals surface area contributed by atoms with Crippen LogP contribution in [0.2, 0.25) is 5.02 Å². The summed E-state index contributed by atoms with van der Waals surface area (Å²) < 4.78 is 0. The van der Waals surface area contributed by atoms with Crippen molar-refractivity contribution in [2.75, 3.05) is 6.54 Å². The fourth-order valence-electron chi connectivity index (χ4n) is 3.67. The molecule has 21 heavy (non-hydrogen) atoms. The Hall–Kier alpha value is -0.530. The van der Waals surface area contributed by atoms with Gasteiger partial charge in [0, 0.05) is 11.1 Å². The molecule has 0 spiro atoms. The van der Waals surface area contributed by atoms with Crippen molar-refractivity contribution in [3.8, 4) is 0 Å². The summed E-state index contributed by atoms with van der Waals surface area (Å²) in [4.78, 5) is 0. The highest BCUT2D eigenvalue weighted by atomic mass is 35.5. The molecule has 1 atom stereocenters. The third-order valence-corrected chi connectivity index (χ3v) is 5.33. The fourth-order valence-corrected chi connectivity index (χ4v) is 3.80. The summed E-state index contributed by atoms with van der Waals surface area (Å²) in [5.74, 6) is 2.54. The molecule has 1 nitrogen and oxygen atoms in total. The van der Waals surface area contributed by atoms with Crippen LogP contribution >= 0.6 is 11.6 Å². The molecule has 2 heteroatoms. The molecule has 0 bridgehead atoms. The summed E-state index contributed by atoms with van der Waals surface area (Å²) in [5, 5.41) is 4.61. The molecule has 0 saturated heterocycles. The van der Waals surface area contributed by atoms with Crippen LogP contribution in [-0.2, 0) is 0 Å². The molecule has 1 N–H and O–H groups in total. The lowest BCUT2D eigenvalue weighted by molar-refractivity contribution is 0.189. The molecule has 1 saturated carbocycles. The molecule has 0 heterocycles. The smallest absolute Gasteiger partial charge is 0.0406 e. The summed E-state index contributed by atoms with van der Waals surface area (Å²) in [7, 11) is 0. The van der Waals surface area contributed by atoms with Gasteiger partial charge in [0.25, 0.3) is 0 Å². The highest BCUT2D eigenvalue weighted by Gasteiger charge is 2.29. The van der Waals surface area contributed by atoms with E-state index in [-0.39, 0.29) is 0 Å². The monoisotopic (exact) mass is 307 g/mol. The zero-order valence-corrected chi connectivity index (χ0v) is 14.5. The first-order valence-electron chi connectivity index (χ1n) is 8.60. The van der Waals surface area contributed by atoms with E-state index in [9.17, 15) is 0 Å². The zero-order chi connectivity index (χ0) is 15.2. The molecule has 1 aromatic rings. The third-order valence-electron chi connectivity index (χ3n) is 5.07.